The number of benzene rings is 1. The normalized spacial score (nSPS) is 14.4. The molecule has 1 rings (SSSR count). The second-order valence-electron chi connectivity index (χ2n) is 4.71. The van der Waals surface area contributed by atoms with Crippen LogP contribution in [-0.4, -0.2) is 19.3 Å². The molecule has 1 aromatic carbocycles. The quantitative estimate of drug-likeness (QED) is 0.758. The van der Waals surface area contributed by atoms with E-state index in [0.717, 1.165) is 26.0 Å². The van der Waals surface area contributed by atoms with Crippen molar-refractivity contribution in [3.63, 3.8) is 0 Å². The van der Waals surface area contributed by atoms with Crippen LogP contribution in [0.1, 0.15) is 51.3 Å². The first-order valence-electron chi connectivity index (χ1n) is 7.16. The lowest BCUT2D eigenvalue weighted by Gasteiger charge is -2.25. The van der Waals surface area contributed by atoms with E-state index < -0.39 is 0 Å². The Labute approximate surface area is 112 Å². The lowest BCUT2D eigenvalue weighted by Crippen LogP contribution is -2.32. The third-order valence-electron chi connectivity index (χ3n) is 3.23. The third-order valence-corrected chi connectivity index (χ3v) is 3.23. The van der Waals surface area contributed by atoms with Crippen molar-refractivity contribution in [3.05, 3.63) is 35.4 Å². The summed E-state index contributed by atoms with van der Waals surface area (Å²) < 4.78 is 5.85. The molecule has 2 atom stereocenters. The van der Waals surface area contributed by atoms with Gasteiger partial charge in [-0.05, 0) is 37.4 Å². The van der Waals surface area contributed by atoms with Gasteiger partial charge in [0.2, 0.25) is 0 Å². The summed E-state index contributed by atoms with van der Waals surface area (Å²) in [6.45, 7) is 10.4. The van der Waals surface area contributed by atoms with E-state index >= 15 is 0 Å². The summed E-state index contributed by atoms with van der Waals surface area (Å²) in [6.07, 6.45) is 2.36. The van der Waals surface area contributed by atoms with Gasteiger partial charge in [-0.1, -0.05) is 45.0 Å². The predicted molar refractivity (Wildman–Crippen MR) is 77.9 cm³/mol. The fourth-order valence-electron chi connectivity index (χ4n) is 2.14. The Morgan fingerprint density at radius 3 is 2.28 bits per heavy atom. The molecule has 1 N–H and O–H groups in total. The van der Waals surface area contributed by atoms with E-state index in [1.807, 2.05) is 0 Å². The van der Waals surface area contributed by atoms with Crippen LogP contribution >= 0.6 is 0 Å². The van der Waals surface area contributed by atoms with Crippen molar-refractivity contribution < 1.29 is 4.74 Å². The minimum Gasteiger partial charge on any atom is -0.377 e. The van der Waals surface area contributed by atoms with Crippen LogP contribution in [0.2, 0.25) is 0 Å². The zero-order valence-electron chi connectivity index (χ0n) is 12.2. The number of rotatable bonds is 8. The largest absolute Gasteiger partial charge is 0.377 e. The van der Waals surface area contributed by atoms with Gasteiger partial charge in [0.1, 0.15) is 0 Å². The van der Waals surface area contributed by atoms with E-state index in [1.165, 1.54) is 11.1 Å². The minimum atomic E-state index is 0.206. The molecule has 0 fully saturated rings. The van der Waals surface area contributed by atoms with Gasteiger partial charge in [-0.15, -0.1) is 0 Å². The second kappa shape index (κ2) is 8.28. The Morgan fingerprint density at radius 1 is 1.11 bits per heavy atom. The molecule has 0 aromatic heterocycles. The van der Waals surface area contributed by atoms with Crippen LogP contribution in [0.5, 0.6) is 0 Å². The number of hydrogen-bond donors (Lipinski definition) is 1. The Morgan fingerprint density at radius 2 is 1.78 bits per heavy atom. The molecule has 18 heavy (non-hydrogen) atoms. The lowest BCUT2D eigenvalue weighted by molar-refractivity contribution is 0.0392. The monoisotopic (exact) mass is 249 g/mol. The molecule has 0 saturated heterocycles. The highest BCUT2D eigenvalue weighted by molar-refractivity contribution is 5.25. The summed E-state index contributed by atoms with van der Waals surface area (Å²) >= 11 is 0. The Bertz CT molecular complexity index is 320. The van der Waals surface area contributed by atoms with E-state index in [-0.39, 0.29) is 12.1 Å². The summed E-state index contributed by atoms with van der Waals surface area (Å²) in [5.74, 6) is 0. The Hall–Kier alpha value is -0.860. The number of ether oxygens (including phenoxy) is 1. The molecule has 0 amide bonds. The van der Waals surface area contributed by atoms with E-state index in [1.54, 1.807) is 0 Å². The second-order valence-corrected chi connectivity index (χ2v) is 4.71. The molecule has 2 heteroatoms. The standard InChI is InChI=1S/C16H27NO/c1-5-12-18-13(4)16(17-7-3)15-10-8-14(6-2)9-11-15/h8-11,13,16-17H,5-7,12H2,1-4H3. The first-order valence-corrected chi connectivity index (χ1v) is 7.16. The summed E-state index contributed by atoms with van der Waals surface area (Å²) in [5.41, 5.74) is 2.70. The number of hydrogen-bond acceptors (Lipinski definition) is 2. The molecule has 2 nitrogen and oxygen atoms in total. The van der Waals surface area contributed by atoms with E-state index in [4.69, 9.17) is 4.74 Å². The molecule has 0 aliphatic heterocycles. The van der Waals surface area contributed by atoms with Gasteiger partial charge in [0.05, 0.1) is 12.1 Å². The predicted octanol–water partition coefficient (Wildman–Crippen LogP) is 3.71. The maximum atomic E-state index is 5.85. The van der Waals surface area contributed by atoms with Gasteiger partial charge in [-0.25, -0.2) is 0 Å². The third kappa shape index (κ3) is 4.43. The maximum absolute atomic E-state index is 5.85. The van der Waals surface area contributed by atoms with Crippen LogP contribution < -0.4 is 5.32 Å². The van der Waals surface area contributed by atoms with Gasteiger partial charge < -0.3 is 10.1 Å². The Balaban J connectivity index is 2.75. The number of aryl methyl sites for hydroxylation is 1. The smallest absolute Gasteiger partial charge is 0.0741 e. The average molecular weight is 249 g/mol. The van der Waals surface area contributed by atoms with Gasteiger partial charge in [0.15, 0.2) is 0 Å². The summed E-state index contributed by atoms with van der Waals surface area (Å²) in [6, 6.07) is 9.15. The van der Waals surface area contributed by atoms with Crippen LogP contribution in [0.3, 0.4) is 0 Å². The number of likely N-dealkylation sites (N-methyl/N-ethyl adjacent to an activating group) is 1. The highest BCUT2D eigenvalue weighted by Crippen LogP contribution is 2.20. The molecular formula is C16H27NO. The van der Waals surface area contributed by atoms with E-state index in [0.29, 0.717) is 0 Å². The summed E-state index contributed by atoms with van der Waals surface area (Å²) in [4.78, 5) is 0. The van der Waals surface area contributed by atoms with Gasteiger partial charge in [-0.3, -0.25) is 0 Å². The van der Waals surface area contributed by atoms with Crippen molar-refractivity contribution in [1.29, 1.82) is 0 Å². The van der Waals surface area contributed by atoms with Gasteiger partial charge >= 0.3 is 0 Å². The molecule has 0 spiro atoms. The van der Waals surface area contributed by atoms with Gasteiger partial charge in [0, 0.05) is 6.61 Å². The zero-order valence-corrected chi connectivity index (χ0v) is 12.2. The van der Waals surface area contributed by atoms with Gasteiger partial charge in [-0.2, -0.15) is 0 Å². The van der Waals surface area contributed by atoms with Crippen LogP contribution in [0.25, 0.3) is 0 Å². The van der Waals surface area contributed by atoms with Crippen LogP contribution in [0.15, 0.2) is 24.3 Å². The topological polar surface area (TPSA) is 21.3 Å². The van der Waals surface area contributed by atoms with Crippen LogP contribution in [0.4, 0.5) is 0 Å². The molecule has 0 heterocycles. The molecular weight excluding hydrogens is 222 g/mol. The lowest BCUT2D eigenvalue weighted by atomic mass is 10.00. The van der Waals surface area contributed by atoms with Gasteiger partial charge in [0.25, 0.3) is 0 Å². The van der Waals surface area contributed by atoms with Crippen molar-refractivity contribution in [2.75, 3.05) is 13.2 Å². The van der Waals surface area contributed by atoms with E-state index in [9.17, 15) is 0 Å². The SMILES string of the molecule is CCCOC(C)C(NCC)c1ccc(CC)cc1. The van der Waals surface area contributed by atoms with Crippen molar-refractivity contribution in [2.45, 2.75) is 52.7 Å². The highest BCUT2D eigenvalue weighted by atomic mass is 16.5. The fraction of sp³-hybridized carbons (Fsp3) is 0.625. The van der Waals surface area contributed by atoms with Crippen molar-refractivity contribution in [2.24, 2.45) is 0 Å². The highest BCUT2D eigenvalue weighted by Gasteiger charge is 2.18. The number of nitrogens with one attached hydrogen (secondary N) is 1. The maximum Gasteiger partial charge on any atom is 0.0741 e. The molecule has 0 saturated carbocycles. The average Bonchev–Trinajstić information content (AvgIpc) is 2.42. The zero-order chi connectivity index (χ0) is 13.4. The molecule has 0 bridgehead atoms. The molecule has 102 valence electrons. The van der Waals surface area contributed by atoms with Crippen LogP contribution in [-0.2, 0) is 11.2 Å². The van der Waals surface area contributed by atoms with Crippen molar-refractivity contribution >= 4 is 0 Å². The van der Waals surface area contributed by atoms with Crippen LogP contribution in [0, 0.1) is 0 Å². The molecule has 0 aliphatic carbocycles. The summed E-state index contributed by atoms with van der Waals surface area (Å²) in [5, 5.41) is 3.52. The summed E-state index contributed by atoms with van der Waals surface area (Å²) in [7, 11) is 0. The molecule has 1 aromatic rings. The molecule has 2 unspecified atom stereocenters. The molecule has 0 radical (unpaired) electrons. The Kier molecular flexibility index (Phi) is 6.99. The minimum absolute atomic E-state index is 0.206. The fourth-order valence-corrected chi connectivity index (χ4v) is 2.14. The molecule has 0 aliphatic rings. The first-order chi connectivity index (χ1) is 8.72. The van der Waals surface area contributed by atoms with E-state index in [2.05, 4.69) is 57.3 Å². The van der Waals surface area contributed by atoms with Crippen molar-refractivity contribution in [3.8, 4) is 0 Å². The first kappa shape index (κ1) is 15.2. The van der Waals surface area contributed by atoms with Crippen molar-refractivity contribution in [1.82, 2.24) is 5.32 Å².